The van der Waals surface area contributed by atoms with Crippen molar-refractivity contribution in [1.82, 2.24) is 18.6 Å². The van der Waals surface area contributed by atoms with Crippen LogP contribution in [0.3, 0.4) is 0 Å². The van der Waals surface area contributed by atoms with Gasteiger partial charge in [0.25, 0.3) is 0 Å². The molecule has 0 radical (unpaired) electrons. The van der Waals surface area contributed by atoms with Gasteiger partial charge in [0.2, 0.25) is 28.1 Å². The number of rotatable bonds is 24. The number of nitrogens with zero attached hydrogens (tertiary/aromatic N) is 4. The van der Waals surface area contributed by atoms with E-state index in [0.717, 1.165) is 17.0 Å². The van der Waals surface area contributed by atoms with Crippen LogP contribution in [0.2, 0.25) is 0 Å². The van der Waals surface area contributed by atoms with Gasteiger partial charge in [0.1, 0.15) is 34.3 Å². The molecule has 4 heterocycles. The van der Waals surface area contributed by atoms with Gasteiger partial charge in [0.15, 0.2) is 17.2 Å². The summed E-state index contributed by atoms with van der Waals surface area (Å²) >= 11 is 5.87. The number of hydrogen-bond donors (Lipinski definition) is 3. The first kappa shape index (κ1) is 48.7. The molecule has 3 aromatic rings. The minimum atomic E-state index is -1.61. The molecule has 1 saturated heterocycles. The van der Waals surface area contributed by atoms with Crippen LogP contribution in [0, 0.1) is 12.3 Å². The largest absolute Gasteiger partial charge is 0.503 e. The zero-order valence-electron chi connectivity index (χ0n) is 35.4. The molecule has 3 aromatic heterocycles. The molecule has 0 aliphatic carbocycles. The number of aryl methyl sites for hydroxylation is 3. The lowest BCUT2D eigenvalue weighted by Gasteiger charge is -2.32. The number of aromatic hydroxyl groups is 3. The van der Waals surface area contributed by atoms with Gasteiger partial charge in [-0.1, -0.05) is 0 Å². The highest BCUT2D eigenvalue weighted by atomic mass is 35.5. The van der Waals surface area contributed by atoms with Gasteiger partial charge in [0.05, 0.1) is 23.5 Å². The first-order chi connectivity index (χ1) is 29.1. The van der Waals surface area contributed by atoms with Gasteiger partial charge < -0.3 is 29.0 Å². The minimum Gasteiger partial charge on any atom is -0.503 e. The van der Waals surface area contributed by atoms with Crippen LogP contribution >= 0.6 is 11.6 Å². The molecular formula is C44H53ClN4O13. The predicted octanol–water partition coefficient (Wildman–Crippen LogP) is 2.73. The zero-order chi connectivity index (χ0) is 46.1. The van der Waals surface area contributed by atoms with Gasteiger partial charge >= 0.3 is 0 Å². The van der Waals surface area contributed by atoms with Crippen molar-refractivity contribution in [2.45, 2.75) is 109 Å². The Morgan fingerprint density at radius 3 is 1.50 bits per heavy atom. The van der Waals surface area contributed by atoms with E-state index in [1.54, 1.807) is 32.6 Å². The standard InChI is InChI=1S/C44H53ClN4O13/c1-26-20-38(57)42(61)35(48(26)4)13-10-31(54)25-44(23-29(52)8-11-33-40(59)36(55)15-17-46(33)2,24-30(53)9-12-34-41(60)37(56)16-18-47(34)3)22-28(51)7-5-6-27(50)14-19-49-39(58)21-32(45)43(49)62/h15-18,20,32,59-61H,5-14,19,21-25H2,1-4H3. The number of imide groups is 1. The summed E-state index contributed by atoms with van der Waals surface area (Å²) in [5, 5.41) is 30.4. The Bertz CT molecular complexity index is 2360. The Kier molecular flexibility index (Phi) is 16.7. The predicted molar refractivity (Wildman–Crippen MR) is 225 cm³/mol. The van der Waals surface area contributed by atoms with Gasteiger partial charge in [-0.3, -0.25) is 52.8 Å². The SMILES string of the molecule is Cc1cc(=O)c(O)c(CCC(=O)CC(CC(=O)CCCC(=O)CCN2C(=O)CC(Cl)C2=O)(CC(=O)CCc2c(O)c(=O)ccn2C)CC(=O)CCc2c(O)c(=O)ccn2C)n1C. The minimum absolute atomic E-state index is 0.0485. The highest BCUT2D eigenvalue weighted by Crippen LogP contribution is 2.39. The summed E-state index contributed by atoms with van der Waals surface area (Å²) in [5.41, 5.74) is -2.51. The summed E-state index contributed by atoms with van der Waals surface area (Å²) in [4.78, 5) is 130. The molecular weight excluding hydrogens is 828 g/mol. The van der Waals surface area contributed by atoms with Crippen molar-refractivity contribution in [3.05, 3.63) is 84.0 Å². The topological polar surface area (TPSA) is 249 Å². The number of alkyl halides is 1. The third-order valence-corrected chi connectivity index (χ3v) is 11.8. The molecule has 1 fully saturated rings. The van der Waals surface area contributed by atoms with Gasteiger partial charge in [-0.05, 0) is 38.0 Å². The van der Waals surface area contributed by atoms with E-state index in [-0.39, 0.29) is 100 Å². The van der Waals surface area contributed by atoms with E-state index < -0.39 is 105 Å². The average molecular weight is 881 g/mol. The second kappa shape index (κ2) is 21.2. The smallest absolute Gasteiger partial charge is 0.247 e. The Balaban J connectivity index is 1.61. The second-order valence-electron chi connectivity index (χ2n) is 16.2. The van der Waals surface area contributed by atoms with Crippen LogP contribution in [0.4, 0.5) is 0 Å². The lowest BCUT2D eigenvalue weighted by atomic mass is 9.69. The molecule has 3 N–H and O–H groups in total. The second-order valence-corrected chi connectivity index (χ2v) is 16.8. The van der Waals surface area contributed by atoms with Crippen LogP contribution in [0.25, 0.3) is 0 Å². The fourth-order valence-corrected chi connectivity index (χ4v) is 8.21. The Morgan fingerprint density at radius 1 is 0.629 bits per heavy atom. The maximum atomic E-state index is 14.0. The molecule has 1 unspecified atom stereocenters. The van der Waals surface area contributed by atoms with Crippen LogP contribution in [0.1, 0.15) is 99.8 Å². The Labute approximate surface area is 361 Å². The van der Waals surface area contributed by atoms with E-state index in [4.69, 9.17) is 11.6 Å². The van der Waals surface area contributed by atoms with E-state index in [1.807, 2.05) is 0 Å². The number of ketones is 5. The summed E-state index contributed by atoms with van der Waals surface area (Å²) in [6.45, 7) is 1.50. The fourth-order valence-electron chi connectivity index (χ4n) is 7.96. The molecule has 18 heteroatoms. The van der Waals surface area contributed by atoms with Crippen molar-refractivity contribution >= 4 is 52.3 Å². The molecule has 0 spiro atoms. The third-order valence-electron chi connectivity index (χ3n) is 11.5. The van der Waals surface area contributed by atoms with Crippen LogP contribution in [0.15, 0.2) is 45.0 Å². The molecule has 1 aliphatic heterocycles. The number of aromatic nitrogens is 3. The average Bonchev–Trinajstić information content (AvgIpc) is 3.44. The van der Waals surface area contributed by atoms with Crippen molar-refractivity contribution in [2.75, 3.05) is 6.54 Å². The lowest BCUT2D eigenvalue weighted by molar-refractivity contribution is -0.139. The summed E-state index contributed by atoms with van der Waals surface area (Å²) in [7, 11) is 4.76. The first-order valence-electron chi connectivity index (χ1n) is 20.3. The molecule has 2 amide bonds. The van der Waals surface area contributed by atoms with Crippen LogP contribution in [0.5, 0.6) is 17.2 Å². The maximum Gasteiger partial charge on any atom is 0.247 e. The third kappa shape index (κ3) is 12.6. The zero-order valence-corrected chi connectivity index (χ0v) is 36.1. The van der Waals surface area contributed by atoms with Gasteiger partial charge in [-0.15, -0.1) is 11.6 Å². The number of carbonyl (C=O) groups is 7. The fraction of sp³-hybridized carbons (Fsp3) is 0.500. The molecule has 0 bridgehead atoms. The number of hydrogen-bond acceptors (Lipinski definition) is 13. The summed E-state index contributed by atoms with van der Waals surface area (Å²) < 4.78 is 4.51. The number of likely N-dealkylation sites (tertiary alicyclic amines) is 1. The van der Waals surface area contributed by atoms with Crippen molar-refractivity contribution in [1.29, 1.82) is 0 Å². The molecule has 4 rings (SSSR count). The number of pyridine rings is 3. The number of halogens is 1. The highest BCUT2D eigenvalue weighted by Gasteiger charge is 2.40. The lowest BCUT2D eigenvalue weighted by Crippen LogP contribution is -2.34. The molecule has 0 aromatic carbocycles. The molecule has 17 nitrogen and oxygen atoms in total. The van der Waals surface area contributed by atoms with E-state index in [0.29, 0.717) is 5.69 Å². The van der Waals surface area contributed by atoms with Crippen LogP contribution in [-0.4, -0.2) is 86.6 Å². The summed E-state index contributed by atoms with van der Waals surface area (Å²) in [6, 6.07) is 3.57. The van der Waals surface area contributed by atoms with Crippen molar-refractivity contribution in [3.63, 3.8) is 0 Å². The van der Waals surface area contributed by atoms with E-state index >= 15 is 0 Å². The van der Waals surface area contributed by atoms with Crippen LogP contribution in [-0.2, 0) is 74.0 Å². The Hall–Kier alpha value is -5.97. The first-order valence-corrected chi connectivity index (χ1v) is 20.8. The summed E-state index contributed by atoms with van der Waals surface area (Å²) in [5.74, 6) is -4.94. The van der Waals surface area contributed by atoms with Gasteiger partial charge in [0, 0.05) is 128 Å². The molecule has 0 saturated carbocycles. The number of Topliss-reactive ketones (excluding diaryl/α,β-unsaturated/α-hetero) is 5. The van der Waals surface area contributed by atoms with E-state index in [9.17, 15) is 63.3 Å². The molecule has 62 heavy (non-hydrogen) atoms. The van der Waals surface area contributed by atoms with Gasteiger partial charge in [-0.2, -0.15) is 0 Å². The normalized spacial score (nSPS) is 14.1. The van der Waals surface area contributed by atoms with Crippen molar-refractivity contribution in [2.24, 2.45) is 26.6 Å². The Morgan fingerprint density at radius 2 is 1.05 bits per heavy atom. The van der Waals surface area contributed by atoms with Crippen LogP contribution < -0.4 is 16.3 Å². The number of amides is 2. The highest BCUT2D eigenvalue weighted by molar-refractivity contribution is 6.35. The molecule has 1 aliphatic rings. The molecule has 1 atom stereocenters. The van der Waals surface area contributed by atoms with Gasteiger partial charge in [-0.25, -0.2) is 0 Å². The number of carbonyl (C=O) groups excluding carboxylic acids is 7. The van der Waals surface area contributed by atoms with E-state index in [1.165, 1.54) is 27.6 Å². The van der Waals surface area contributed by atoms with Crippen molar-refractivity contribution in [3.8, 4) is 17.2 Å². The summed E-state index contributed by atoms with van der Waals surface area (Å²) in [6.07, 6.45) is -0.514. The monoisotopic (exact) mass is 880 g/mol. The quantitative estimate of drug-likeness (QED) is 0.0866. The molecule has 334 valence electrons. The van der Waals surface area contributed by atoms with Crippen molar-refractivity contribution < 1.29 is 48.9 Å². The maximum absolute atomic E-state index is 14.0. The van der Waals surface area contributed by atoms with E-state index in [2.05, 4.69) is 0 Å².